The zero-order chi connectivity index (χ0) is 12.1. The minimum Gasteiger partial charge on any atom is -0.393 e. The molecule has 0 saturated heterocycles. The molecular formula is C16H24O. The number of aliphatic hydroxyl groups excluding tert-OH is 1. The first-order valence-electron chi connectivity index (χ1n) is 7.00. The number of rotatable bonds is 4. The number of hydrogen-bond donors (Lipinski definition) is 1. The molecule has 0 aromatic heterocycles. The van der Waals surface area contributed by atoms with Crippen molar-refractivity contribution in [3.63, 3.8) is 0 Å². The van der Waals surface area contributed by atoms with Crippen molar-refractivity contribution >= 4 is 0 Å². The second-order valence-corrected chi connectivity index (χ2v) is 5.43. The second kappa shape index (κ2) is 6.20. The van der Waals surface area contributed by atoms with Gasteiger partial charge in [-0.3, -0.25) is 0 Å². The van der Waals surface area contributed by atoms with Gasteiger partial charge in [0.25, 0.3) is 0 Å². The molecule has 0 spiro atoms. The molecular weight excluding hydrogens is 208 g/mol. The average Bonchev–Trinajstić information content (AvgIpc) is 2.38. The molecule has 0 heterocycles. The van der Waals surface area contributed by atoms with Crippen LogP contribution in [0.3, 0.4) is 0 Å². The van der Waals surface area contributed by atoms with Crippen LogP contribution in [-0.4, -0.2) is 11.2 Å². The lowest BCUT2D eigenvalue weighted by Gasteiger charge is -2.26. The van der Waals surface area contributed by atoms with Crippen molar-refractivity contribution in [1.29, 1.82) is 0 Å². The van der Waals surface area contributed by atoms with E-state index in [1.54, 1.807) is 0 Å². The molecule has 2 rings (SSSR count). The minimum absolute atomic E-state index is 0.0880. The van der Waals surface area contributed by atoms with E-state index in [1.165, 1.54) is 43.2 Å². The van der Waals surface area contributed by atoms with Crippen LogP contribution in [0.5, 0.6) is 0 Å². The summed E-state index contributed by atoms with van der Waals surface area (Å²) in [4.78, 5) is 0. The van der Waals surface area contributed by atoms with Crippen LogP contribution in [0.25, 0.3) is 0 Å². The van der Waals surface area contributed by atoms with Crippen LogP contribution in [0, 0.1) is 12.8 Å². The Morgan fingerprint density at radius 1 is 1.18 bits per heavy atom. The number of aryl methyl sites for hydroxylation is 2. The first kappa shape index (κ1) is 12.6. The van der Waals surface area contributed by atoms with Crippen LogP contribution in [-0.2, 0) is 6.42 Å². The summed E-state index contributed by atoms with van der Waals surface area (Å²) in [6, 6.07) is 8.51. The van der Waals surface area contributed by atoms with Gasteiger partial charge in [0.1, 0.15) is 0 Å². The van der Waals surface area contributed by atoms with Crippen molar-refractivity contribution in [1.82, 2.24) is 0 Å². The Labute approximate surface area is 105 Å². The van der Waals surface area contributed by atoms with Crippen molar-refractivity contribution in [2.75, 3.05) is 0 Å². The highest BCUT2D eigenvalue weighted by Gasteiger charge is 2.21. The quantitative estimate of drug-likeness (QED) is 0.835. The van der Waals surface area contributed by atoms with E-state index in [2.05, 4.69) is 31.2 Å². The first-order valence-corrected chi connectivity index (χ1v) is 7.00. The molecule has 0 bridgehead atoms. The minimum atomic E-state index is -0.0880. The zero-order valence-electron chi connectivity index (χ0n) is 10.9. The van der Waals surface area contributed by atoms with Gasteiger partial charge >= 0.3 is 0 Å². The van der Waals surface area contributed by atoms with Crippen LogP contribution < -0.4 is 0 Å². The molecule has 1 heteroatoms. The molecule has 1 aliphatic carbocycles. The van der Waals surface area contributed by atoms with Crippen LogP contribution in [0.4, 0.5) is 0 Å². The van der Waals surface area contributed by atoms with Gasteiger partial charge in [-0.1, -0.05) is 43.5 Å². The summed E-state index contributed by atoms with van der Waals surface area (Å²) in [5.74, 6) is 0.563. The van der Waals surface area contributed by atoms with Crippen LogP contribution in [0.15, 0.2) is 24.3 Å². The van der Waals surface area contributed by atoms with Gasteiger partial charge in [0, 0.05) is 0 Å². The van der Waals surface area contributed by atoms with Crippen molar-refractivity contribution < 1.29 is 5.11 Å². The SMILES string of the molecule is Cc1ccccc1CCC(O)C1CCCCC1. The van der Waals surface area contributed by atoms with Gasteiger partial charge in [-0.05, 0) is 49.7 Å². The van der Waals surface area contributed by atoms with E-state index < -0.39 is 0 Å². The fourth-order valence-corrected chi connectivity index (χ4v) is 2.95. The number of benzene rings is 1. The molecule has 1 atom stereocenters. The molecule has 17 heavy (non-hydrogen) atoms. The summed E-state index contributed by atoms with van der Waals surface area (Å²) in [5.41, 5.74) is 2.74. The van der Waals surface area contributed by atoms with E-state index in [4.69, 9.17) is 0 Å². The maximum atomic E-state index is 10.2. The first-order chi connectivity index (χ1) is 8.27. The van der Waals surface area contributed by atoms with Crippen LogP contribution in [0.1, 0.15) is 49.7 Å². The molecule has 1 aliphatic rings. The predicted octanol–water partition coefficient (Wildman–Crippen LogP) is 3.87. The monoisotopic (exact) mass is 232 g/mol. The highest BCUT2D eigenvalue weighted by Crippen LogP contribution is 2.28. The van der Waals surface area contributed by atoms with Gasteiger partial charge in [-0.25, -0.2) is 0 Å². The molecule has 0 amide bonds. The van der Waals surface area contributed by atoms with E-state index in [1.807, 2.05) is 0 Å². The summed E-state index contributed by atoms with van der Waals surface area (Å²) in [6.07, 6.45) is 8.30. The van der Waals surface area contributed by atoms with Gasteiger partial charge in [0.2, 0.25) is 0 Å². The third kappa shape index (κ3) is 3.57. The maximum Gasteiger partial charge on any atom is 0.0571 e. The molecule has 1 nitrogen and oxygen atoms in total. The average molecular weight is 232 g/mol. The second-order valence-electron chi connectivity index (χ2n) is 5.43. The van der Waals surface area contributed by atoms with Crippen molar-refractivity contribution in [2.45, 2.75) is 58.0 Å². The Hall–Kier alpha value is -0.820. The summed E-state index contributed by atoms with van der Waals surface area (Å²) >= 11 is 0. The molecule has 0 aliphatic heterocycles. The Kier molecular flexibility index (Phi) is 4.61. The summed E-state index contributed by atoms with van der Waals surface area (Å²) in [7, 11) is 0. The van der Waals surface area contributed by atoms with Crippen LogP contribution in [0.2, 0.25) is 0 Å². The van der Waals surface area contributed by atoms with Crippen molar-refractivity contribution in [2.24, 2.45) is 5.92 Å². The largest absolute Gasteiger partial charge is 0.393 e. The Balaban J connectivity index is 1.83. The fourth-order valence-electron chi connectivity index (χ4n) is 2.95. The number of hydrogen-bond acceptors (Lipinski definition) is 1. The molecule has 1 aromatic carbocycles. The summed E-state index contributed by atoms with van der Waals surface area (Å²) in [6.45, 7) is 2.16. The Morgan fingerprint density at radius 3 is 2.59 bits per heavy atom. The molecule has 94 valence electrons. The summed E-state index contributed by atoms with van der Waals surface area (Å²) in [5, 5.41) is 10.2. The fraction of sp³-hybridized carbons (Fsp3) is 0.625. The maximum absolute atomic E-state index is 10.2. The molecule has 1 aromatic rings. The smallest absolute Gasteiger partial charge is 0.0571 e. The molecule has 1 fully saturated rings. The van der Waals surface area contributed by atoms with E-state index in [0.717, 1.165) is 12.8 Å². The van der Waals surface area contributed by atoms with Crippen LogP contribution >= 0.6 is 0 Å². The lowest BCUT2D eigenvalue weighted by Crippen LogP contribution is -2.23. The van der Waals surface area contributed by atoms with Gasteiger partial charge < -0.3 is 5.11 Å². The van der Waals surface area contributed by atoms with Gasteiger partial charge in [0.15, 0.2) is 0 Å². The predicted molar refractivity (Wildman–Crippen MR) is 72.1 cm³/mol. The van der Waals surface area contributed by atoms with Crippen molar-refractivity contribution in [3.05, 3.63) is 35.4 Å². The van der Waals surface area contributed by atoms with Gasteiger partial charge in [-0.2, -0.15) is 0 Å². The van der Waals surface area contributed by atoms with E-state index in [9.17, 15) is 5.11 Å². The highest BCUT2D eigenvalue weighted by atomic mass is 16.3. The third-order valence-electron chi connectivity index (χ3n) is 4.16. The Bertz CT molecular complexity index is 339. The standard InChI is InChI=1S/C16H24O/c1-13-7-5-6-8-14(13)11-12-16(17)15-9-3-2-4-10-15/h5-8,15-17H,2-4,9-12H2,1H3. The molecule has 1 saturated carbocycles. The molecule has 1 N–H and O–H groups in total. The van der Waals surface area contributed by atoms with E-state index in [0.29, 0.717) is 5.92 Å². The van der Waals surface area contributed by atoms with E-state index in [-0.39, 0.29) is 6.10 Å². The van der Waals surface area contributed by atoms with Gasteiger partial charge in [0.05, 0.1) is 6.10 Å². The lowest BCUT2D eigenvalue weighted by molar-refractivity contribution is 0.0775. The molecule has 1 unspecified atom stereocenters. The van der Waals surface area contributed by atoms with E-state index >= 15 is 0 Å². The third-order valence-corrected chi connectivity index (χ3v) is 4.16. The summed E-state index contributed by atoms with van der Waals surface area (Å²) < 4.78 is 0. The normalized spacial score (nSPS) is 19.2. The number of aliphatic hydroxyl groups is 1. The van der Waals surface area contributed by atoms with Crippen molar-refractivity contribution in [3.8, 4) is 0 Å². The topological polar surface area (TPSA) is 20.2 Å². The van der Waals surface area contributed by atoms with Gasteiger partial charge in [-0.15, -0.1) is 0 Å². The zero-order valence-corrected chi connectivity index (χ0v) is 10.9. The lowest BCUT2D eigenvalue weighted by atomic mass is 9.83. The Morgan fingerprint density at radius 2 is 1.88 bits per heavy atom. The highest BCUT2D eigenvalue weighted by molar-refractivity contribution is 5.25. The molecule has 0 radical (unpaired) electrons.